The zero-order chi connectivity index (χ0) is 11.3. The van der Waals surface area contributed by atoms with Crippen molar-refractivity contribution in [3.8, 4) is 0 Å². The molecule has 0 heterocycles. The van der Waals surface area contributed by atoms with Crippen LogP contribution < -0.4 is 5.32 Å². The molecule has 0 spiro atoms. The maximum Gasteiger partial charge on any atom is 0.0483 e. The summed E-state index contributed by atoms with van der Waals surface area (Å²) < 4.78 is 11.1. The molecular weight excluding hydrogens is 206 g/mol. The van der Waals surface area contributed by atoms with Gasteiger partial charge in [0.15, 0.2) is 0 Å². The molecule has 1 aromatic rings. The SMILES string of the molecule is CC(C)CNc1cccc(CS(C)=O)c1. The molecule has 0 aromatic heterocycles. The molecular formula is C12H19NOS. The smallest absolute Gasteiger partial charge is 0.0483 e. The Kier molecular flexibility index (Phi) is 4.82. The average molecular weight is 225 g/mol. The Balaban J connectivity index is 2.61. The summed E-state index contributed by atoms with van der Waals surface area (Å²) in [4.78, 5) is 0. The molecule has 0 bridgehead atoms. The molecule has 1 aromatic carbocycles. The molecule has 1 atom stereocenters. The summed E-state index contributed by atoms with van der Waals surface area (Å²) in [5.74, 6) is 1.27. The predicted octanol–water partition coefficient (Wildman–Crippen LogP) is 2.63. The summed E-state index contributed by atoms with van der Waals surface area (Å²) in [6, 6.07) is 8.14. The monoisotopic (exact) mass is 225 g/mol. The molecule has 0 amide bonds. The fraction of sp³-hybridized carbons (Fsp3) is 0.500. The number of benzene rings is 1. The third kappa shape index (κ3) is 4.98. The van der Waals surface area contributed by atoms with Crippen LogP contribution in [-0.4, -0.2) is 17.0 Å². The van der Waals surface area contributed by atoms with Gasteiger partial charge in [-0.3, -0.25) is 4.21 Å². The molecule has 0 saturated carbocycles. The van der Waals surface area contributed by atoms with Crippen molar-refractivity contribution in [1.82, 2.24) is 0 Å². The van der Waals surface area contributed by atoms with Gasteiger partial charge in [-0.15, -0.1) is 0 Å². The largest absolute Gasteiger partial charge is 0.385 e. The molecule has 0 aliphatic heterocycles. The van der Waals surface area contributed by atoms with Gasteiger partial charge in [0.2, 0.25) is 0 Å². The first-order valence-electron chi connectivity index (χ1n) is 5.21. The lowest BCUT2D eigenvalue weighted by Crippen LogP contribution is -2.08. The molecule has 15 heavy (non-hydrogen) atoms. The average Bonchev–Trinajstić information content (AvgIpc) is 2.14. The van der Waals surface area contributed by atoms with Gasteiger partial charge in [-0.05, 0) is 23.6 Å². The highest BCUT2D eigenvalue weighted by atomic mass is 32.2. The zero-order valence-corrected chi connectivity index (χ0v) is 10.4. The summed E-state index contributed by atoms with van der Waals surface area (Å²) in [6.07, 6.45) is 1.73. The van der Waals surface area contributed by atoms with Gasteiger partial charge >= 0.3 is 0 Å². The van der Waals surface area contributed by atoms with Crippen LogP contribution in [-0.2, 0) is 16.6 Å². The lowest BCUT2D eigenvalue weighted by atomic mass is 10.2. The Hall–Kier alpha value is -0.830. The van der Waals surface area contributed by atoms with Gasteiger partial charge in [0.05, 0.1) is 0 Å². The Labute approximate surface area is 94.5 Å². The van der Waals surface area contributed by atoms with Crippen LogP contribution in [0.3, 0.4) is 0 Å². The maximum atomic E-state index is 11.1. The Morgan fingerprint density at radius 2 is 2.13 bits per heavy atom. The minimum atomic E-state index is -0.765. The highest BCUT2D eigenvalue weighted by Gasteiger charge is 1.99. The van der Waals surface area contributed by atoms with E-state index in [1.807, 2.05) is 18.2 Å². The summed E-state index contributed by atoms with van der Waals surface area (Å²) in [7, 11) is -0.765. The molecule has 1 unspecified atom stereocenters. The van der Waals surface area contributed by atoms with E-state index < -0.39 is 10.8 Å². The molecule has 3 heteroatoms. The number of hydrogen-bond acceptors (Lipinski definition) is 2. The van der Waals surface area contributed by atoms with Crippen LogP contribution in [0.5, 0.6) is 0 Å². The molecule has 1 rings (SSSR count). The van der Waals surface area contributed by atoms with Crippen molar-refractivity contribution in [1.29, 1.82) is 0 Å². The first-order valence-corrected chi connectivity index (χ1v) is 6.93. The van der Waals surface area contributed by atoms with E-state index in [9.17, 15) is 4.21 Å². The van der Waals surface area contributed by atoms with Crippen LogP contribution in [0.1, 0.15) is 19.4 Å². The van der Waals surface area contributed by atoms with Crippen molar-refractivity contribution in [3.63, 3.8) is 0 Å². The van der Waals surface area contributed by atoms with E-state index in [0.717, 1.165) is 17.8 Å². The normalized spacial score (nSPS) is 12.8. The quantitative estimate of drug-likeness (QED) is 0.834. The van der Waals surface area contributed by atoms with Crippen LogP contribution in [0.2, 0.25) is 0 Å². The van der Waals surface area contributed by atoms with Gasteiger partial charge in [-0.25, -0.2) is 0 Å². The summed E-state index contributed by atoms with van der Waals surface area (Å²) in [6.45, 7) is 5.33. The first-order chi connectivity index (χ1) is 7.08. The van der Waals surface area contributed by atoms with Gasteiger partial charge in [-0.2, -0.15) is 0 Å². The van der Waals surface area contributed by atoms with Gasteiger partial charge in [0.25, 0.3) is 0 Å². The fourth-order valence-corrected chi connectivity index (χ4v) is 1.98. The lowest BCUT2D eigenvalue weighted by Gasteiger charge is -2.09. The van der Waals surface area contributed by atoms with Crippen LogP contribution in [0, 0.1) is 5.92 Å². The van der Waals surface area contributed by atoms with Crippen LogP contribution in [0.15, 0.2) is 24.3 Å². The van der Waals surface area contributed by atoms with E-state index in [1.165, 1.54) is 0 Å². The van der Waals surface area contributed by atoms with Crippen molar-refractivity contribution in [2.24, 2.45) is 5.92 Å². The molecule has 2 nitrogen and oxygen atoms in total. The van der Waals surface area contributed by atoms with Gasteiger partial charge in [0, 0.05) is 35.0 Å². The second-order valence-electron chi connectivity index (χ2n) is 4.19. The topological polar surface area (TPSA) is 29.1 Å². The minimum absolute atomic E-state index is 0.633. The van der Waals surface area contributed by atoms with Crippen molar-refractivity contribution in [2.75, 3.05) is 18.1 Å². The van der Waals surface area contributed by atoms with Crippen molar-refractivity contribution >= 4 is 16.5 Å². The maximum absolute atomic E-state index is 11.1. The molecule has 0 radical (unpaired) electrons. The van der Waals surface area contributed by atoms with Crippen molar-refractivity contribution in [2.45, 2.75) is 19.6 Å². The third-order valence-electron chi connectivity index (χ3n) is 2.01. The number of anilines is 1. The van der Waals surface area contributed by atoms with Crippen LogP contribution in [0.4, 0.5) is 5.69 Å². The Bertz CT molecular complexity index is 336. The van der Waals surface area contributed by atoms with E-state index in [1.54, 1.807) is 6.26 Å². The second kappa shape index (κ2) is 5.91. The minimum Gasteiger partial charge on any atom is -0.385 e. The van der Waals surface area contributed by atoms with E-state index >= 15 is 0 Å². The number of nitrogens with one attached hydrogen (secondary N) is 1. The summed E-state index contributed by atoms with van der Waals surface area (Å²) in [5, 5.41) is 3.36. The standard InChI is InChI=1S/C12H19NOS/c1-10(2)8-13-12-6-4-5-11(7-12)9-15(3)14/h4-7,10,13H,8-9H2,1-3H3. The second-order valence-corrected chi connectivity index (χ2v) is 5.63. The molecule has 84 valence electrons. The van der Waals surface area contributed by atoms with Gasteiger partial charge in [0.1, 0.15) is 0 Å². The third-order valence-corrected chi connectivity index (χ3v) is 2.75. The Morgan fingerprint density at radius 3 is 2.73 bits per heavy atom. The summed E-state index contributed by atoms with van der Waals surface area (Å²) >= 11 is 0. The highest BCUT2D eigenvalue weighted by Crippen LogP contribution is 2.12. The Morgan fingerprint density at radius 1 is 1.40 bits per heavy atom. The number of rotatable bonds is 5. The predicted molar refractivity (Wildman–Crippen MR) is 67.5 cm³/mol. The first kappa shape index (κ1) is 12.2. The van der Waals surface area contributed by atoms with Crippen LogP contribution >= 0.6 is 0 Å². The van der Waals surface area contributed by atoms with E-state index in [2.05, 4.69) is 25.2 Å². The molecule has 0 aliphatic carbocycles. The fourth-order valence-electron chi connectivity index (χ4n) is 1.33. The van der Waals surface area contributed by atoms with Gasteiger partial charge < -0.3 is 5.32 Å². The summed E-state index contributed by atoms with van der Waals surface area (Å²) in [5.41, 5.74) is 2.25. The zero-order valence-electron chi connectivity index (χ0n) is 9.62. The van der Waals surface area contributed by atoms with Crippen LogP contribution in [0.25, 0.3) is 0 Å². The highest BCUT2D eigenvalue weighted by molar-refractivity contribution is 7.83. The number of hydrogen-bond donors (Lipinski definition) is 1. The van der Waals surface area contributed by atoms with Crippen molar-refractivity contribution < 1.29 is 4.21 Å². The molecule has 1 N–H and O–H groups in total. The van der Waals surface area contributed by atoms with E-state index in [4.69, 9.17) is 0 Å². The van der Waals surface area contributed by atoms with Crippen molar-refractivity contribution in [3.05, 3.63) is 29.8 Å². The molecule has 0 aliphatic rings. The lowest BCUT2D eigenvalue weighted by molar-refractivity contribution is 0.686. The molecule has 0 saturated heterocycles. The van der Waals surface area contributed by atoms with E-state index in [0.29, 0.717) is 11.7 Å². The molecule has 0 fully saturated rings. The van der Waals surface area contributed by atoms with Gasteiger partial charge in [-0.1, -0.05) is 26.0 Å². The van der Waals surface area contributed by atoms with E-state index in [-0.39, 0.29) is 0 Å².